The van der Waals surface area contributed by atoms with Crippen molar-refractivity contribution in [2.75, 3.05) is 38.1 Å². The number of aryl methyl sites for hydroxylation is 1. The largest absolute Gasteiger partial charge is 0.334 e. The Hall–Kier alpha value is -2.94. The minimum absolute atomic E-state index is 0.309. The average Bonchev–Trinajstić information content (AvgIpc) is 3.02. The number of imidazole rings is 1. The number of aromatic nitrogens is 4. The highest BCUT2D eigenvalue weighted by molar-refractivity contribution is 5.74. The number of anilines is 1. The summed E-state index contributed by atoms with van der Waals surface area (Å²) in [5, 5.41) is 0. The van der Waals surface area contributed by atoms with Crippen molar-refractivity contribution in [2.45, 2.75) is 6.54 Å². The zero-order chi connectivity index (χ0) is 19.1. The van der Waals surface area contributed by atoms with E-state index in [-0.39, 0.29) is 5.82 Å². The summed E-state index contributed by atoms with van der Waals surface area (Å²) in [4.78, 5) is 35.1. The molecule has 1 saturated heterocycles. The van der Waals surface area contributed by atoms with Crippen molar-refractivity contribution >= 4 is 17.1 Å². The van der Waals surface area contributed by atoms with Gasteiger partial charge in [0.15, 0.2) is 11.2 Å². The zero-order valence-electron chi connectivity index (χ0n) is 15.3. The lowest BCUT2D eigenvalue weighted by molar-refractivity contribution is -0.880. The Bertz CT molecular complexity index is 1090. The van der Waals surface area contributed by atoms with E-state index in [1.165, 1.54) is 21.6 Å². The fourth-order valence-electron chi connectivity index (χ4n) is 3.48. The van der Waals surface area contributed by atoms with Crippen molar-refractivity contribution in [3.05, 3.63) is 56.5 Å². The number of likely N-dealkylation sites (N-methyl/N-ethyl adjacent to an activating group) is 1. The van der Waals surface area contributed by atoms with Crippen LogP contribution in [0.3, 0.4) is 0 Å². The van der Waals surface area contributed by atoms with E-state index >= 15 is 0 Å². The van der Waals surface area contributed by atoms with Gasteiger partial charge < -0.3 is 9.80 Å². The van der Waals surface area contributed by atoms with Gasteiger partial charge in [0.25, 0.3) is 5.56 Å². The highest BCUT2D eigenvalue weighted by Crippen LogP contribution is 2.21. The first-order valence-electron chi connectivity index (χ1n) is 8.94. The van der Waals surface area contributed by atoms with Crippen LogP contribution in [0, 0.1) is 5.82 Å². The predicted octanol–water partition coefficient (Wildman–Crippen LogP) is -1.05. The molecule has 142 valence electrons. The third-order valence-corrected chi connectivity index (χ3v) is 5.14. The molecule has 0 atom stereocenters. The lowest BCUT2D eigenvalue weighted by Gasteiger charge is -2.31. The molecular formula is C18H22FN6O2+. The van der Waals surface area contributed by atoms with Gasteiger partial charge in [-0.1, -0.05) is 12.1 Å². The summed E-state index contributed by atoms with van der Waals surface area (Å²) in [5.74, 6) is 0.352. The lowest BCUT2D eigenvalue weighted by atomic mass is 10.2. The molecule has 1 aliphatic rings. The molecule has 27 heavy (non-hydrogen) atoms. The summed E-state index contributed by atoms with van der Waals surface area (Å²) in [6, 6.07) is 6.17. The van der Waals surface area contributed by atoms with Gasteiger partial charge in [0.05, 0.1) is 39.8 Å². The third kappa shape index (κ3) is 3.14. The van der Waals surface area contributed by atoms with Gasteiger partial charge >= 0.3 is 5.69 Å². The summed E-state index contributed by atoms with van der Waals surface area (Å²) in [6.45, 7) is 3.92. The molecule has 3 heterocycles. The van der Waals surface area contributed by atoms with Gasteiger partial charge in [-0.25, -0.2) is 9.18 Å². The number of hydrogen-bond donors (Lipinski definition) is 2. The maximum atomic E-state index is 13.3. The van der Waals surface area contributed by atoms with E-state index in [2.05, 4.69) is 21.9 Å². The van der Waals surface area contributed by atoms with Crippen LogP contribution >= 0.6 is 0 Å². The van der Waals surface area contributed by atoms with Crippen LogP contribution < -0.4 is 21.0 Å². The molecule has 0 unspecified atom stereocenters. The SMILES string of the molecule is Cn1c(=O)[nH]c(=O)c2c1nc(N1CC[NH+](C)CC1)n2Cc1ccc(F)cc1. The molecular weight excluding hydrogens is 351 g/mol. The van der Waals surface area contributed by atoms with E-state index in [1.807, 2.05) is 4.57 Å². The summed E-state index contributed by atoms with van der Waals surface area (Å²) in [7, 11) is 3.74. The highest BCUT2D eigenvalue weighted by atomic mass is 19.1. The Morgan fingerprint density at radius 2 is 1.85 bits per heavy atom. The van der Waals surface area contributed by atoms with Crippen LogP contribution in [-0.4, -0.2) is 52.3 Å². The second-order valence-electron chi connectivity index (χ2n) is 7.06. The Morgan fingerprint density at radius 1 is 1.19 bits per heavy atom. The zero-order valence-corrected chi connectivity index (χ0v) is 15.3. The second-order valence-corrected chi connectivity index (χ2v) is 7.06. The van der Waals surface area contributed by atoms with Crippen LogP contribution in [0.4, 0.5) is 10.3 Å². The summed E-state index contributed by atoms with van der Waals surface area (Å²) >= 11 is 0. The van der Waals surface area contributed by atoms with Crippen LogP contribution in [-0.2, 0) is 13.6 Å². The van der Waals surface area contributed by atoms with Crippen LogP contribution in [0.25, 0.3) is 11.2 Å². The number of quaternary nitrogens is 1. The number of hydrogen-bond acceptors (Lipinski definition) is 4. The normalized spacial score (nSPS) is 15.6. The third-order valence-electron chi connectivity index (χ3n) is 5.14. The summed E-state index contributed by atoms with van der Waals surface area (Å²) in [5.41, 5.74) is 0.599. The highest BCUT2D eigenvalue weighted by Gasteiger charge is 2.25. The molecule has 2 aromatic heterocycles. The van der Waals surface area contributed by atoms with E-state index in [1.54, 1.807) is 19.2 Å². The average molecular weight is 373 g/mol. The first kappa shape index (κ1) is 17.5. The van der Waals surface area contributed by atoms with E-state index in [0.29, 0.717) is 23.7 Å². The molecule has 2 N–H and O–H groups in total. The topological polar surface area (TPSA) is 80.4 Å². The van der Waals surface area contributed by atoms with Crippen LogP contribution in [0.1, 0.15) is 5.56 Å². The number of piperazine rings is 1. The van der Waals surface area contributed by atoms with Gasteiger partial charge in [-0.3, -0.25) is 18.9 Å². The number of benzene rings is 1. The quantitative estimate of drug-likeness (QED) is 0.614. The van der Waals surface area contributed by atoms with Crippen molar-refractivity contribution in [3.8, 4) is 0 Å². The summed E-state index contributed by atoms with van der Waals surface area (Å²) in [6.07, 6.45) is 0. The van der Waals surface area contributed by atoms with E-state index < -0.39 is 11.2 Å². The molecule has 8 nitrogen and oxygen atoms in total. The maximum Gasteiger partial charge on any atom is 0.329 e. The molecule has 1 aromatic carbocycles. The Kier molecular flexibility index (Phi) is 4.31. The monoisotopic (exact) mass is 373 g/mol. The van der Waals surface area contributed by atoms with Gasteiger partial charge in [-0.15, -0.1) is 0 Å². The number of nitrogens with one attached hydrogen (secondary N) is 2. The Balaban J connectivity index is 1.88. The minimum Gasteiger partial charge on any atom is -0.334 e. The standard InChI is InChI=1S/C18H21FN6O2/c1-22-7-9-24(10-8-22)17-20-15-14(16(26)21-18(27)23(15)2)25(17)11-12-3-5-13(19)6-4-12/h3-6H,7-11H2,1-2H3,(H,21,26,27)/p+1. The van der Waals surface area contributed by atoms with Crippen molar-refractivity contribution in [1.29, 1.82) is 0 Å². The molecule has 9 heteroatoms. The van der Waals surface area contributed by atoms with Crippen molar-refractivity contribution in [2.24, 2.45) is 7.05 Å². The lowest BCUT2D eigenvalue weighted by Crippen LogP contribution is -3.12. The van der Waals surface area contributed by atoms with Gasteiger partial charge in [0, 0.05) is 7.05 Å². The number of aromatic amines is 1. The summed E-state index contributed by atoms with van der Waals surface area (Å²) < 4.78 is 16.4. The molecule has 0 bridgehead atoms. The van der Waals surface area contributed by atoms with Crippen LogP contribution in [0.5, 0.6) is 0 Å². The molecule has 0 spiro atoms. The Morgan fingerprint density at radius 3 is 2.52 bits per heavy atom. The maximum absolute atomic E-state index is 13.3. The number of nitrogens with zero attached hydrogens (tertiary/aromatic N) is 4. The van der Waals surface area contributed by atoms with E-state index in [9.17, 15) is 14.0 Å². The van der Waals surface area contributed by atoms with E-state index in [0.717, 1.165) is 31.7 Å². The molecule has 4 rings (SSSR count). The molecule has 1 aliphatic heterocycles. The smallest absolute Gasteiger partial charge is 0.329 e. The second kappa shape index (κ2) is 6.66. The molecule has 0 aliphatic carbocycles. The fraction of sp³-hybridized carbons (Fsp3) is 0.389. The first-order chi connectivity index (χ1) is 12.9. The van der Waals surface area contributed by atoms with Crippen LogP contribution in [0.2, 0.25) is 0 Å². The molecule has 3 aromatic rings. The van der Waals surface area contributed by atoms with Gasteiger partial charge in [0.2, 0.25) is 5.95 Å². The molecule has 0 radical (unpaired) electrons. The van der Waals surface area contributed by atoms with Gasteiger partial charge in [0.1, 0.15) is 5.82 Å². The van der Waals surface area contributed by atoms with Crippen molar-refractivity contribution in [1.82, 2.24) is 19.1 Å². The van der Waals surface area contributed by atoms with Crippen LogP contribution in [0.15, 0.2) is 33.9 Å². The number of fused-ring (bicyclic) bond motifs is 1. The molecule has 1 fully saturated rings. The molecule has 0 amide bonds. The van der Waals surface area contributed by atoms with E-state index in [4.69, 9.17) is 0 Å². The first-order valence-corrected chi connectivity index (χ1v) is 8.94. The Labute approximate surface area is 154 Å². The fourth-order valence-corrected chi connectivity index (χ4v) is 3.48. The van der Waals surface area contributed by atoms with Crippen molar-refractivity contribution < 1.29 is 9.29 Å². The predicted molar refractivity (Wildman–Crippen MR) is 99.9 cm³/mol. The number of halogens is 1. The number of rotatable bonds is 3. The van der Waals surface area contributed by atoms with Gasteiger partial charge in [-0.2, -0.15) is 4.98 Å². The minimum atomic E-state index is -0.492. The van der Waals surface area contributed by atoms with Crippen molar-refractivity contribution in [3.63, 3.8) is 0 Å². The number of H-pyrrole nitrogens is 1. The molecule has 0 saturated carbocycles. The van der Waals surface area contributed by atoms with Gasteiger partial charge in [-0.05, 0) is 17.7 Å².